The van der Waals surface area contributed by atoms with Crippen molar-refractivity contribution in [3.05, 3.63) is 35.6 Å². The van der Waals surface area contributed by atoms with E-state index in [4.69, 9.17) is 5.73 Å². The highest BCUT2D eigenvalue weighted by Gasteiger charge is 2.05. The van der Waals surface area contributed by atoms with Crippen LogP contribution in [-0.4, -0.2) is 11.9 Å². The molecule has 0 aliphatic carbocycles. The Balaban J connectivity index is 0.00000196. The number of amides is 1. The summed E-state index contributed by atoms with van der Waals surface area (Å²) in [6.07, 6.45) is 0. The average molecular weight is 233 g/mol. The first-order valence-corrected chi connectivity index (χ1v) is 4.37. The van der Waals surface area contributed by atoms with E-state index < -0.39 is 6.04 Å². The van der Waals surface area contributed by atoms with Crippen molar-refractivity contribution in [2.75, 3.05) is 0 Å². The molecule has 1 aromatic carbocycles. The fourth-order valence-electron chi connectivity index (χ4n) is 0.952. The molecule has 0 aliphatic rings. The van der Waals surface area contributed by atoms with Crippen molar-refractivity contribution in [2.24, 2.45) is 5.73 Å². The molecular formula is C10H14ClFN2O. The van der Waals surface area contributed by atoms with Gasteiger partial charge in [0.15, 0.2) is 0 Å². The van der Waals surface area contributed by atoms with E-state index in [1.807, 2.05) is 0 Å². The fraction of sp³-hybridized carbons (Fsp3) is 0.300. The molecule has 15 heavy (non-hydrogen) atoms. The van der Waals surface area contributed by atoms with Crippen molar-refractivity contribution < 1.29 is 9.18 Å². The van der Waals surface area contributed by atoms with Gasteiger partial charge in [0.1, 0.15) is 5.82 Å². The molecule has 0 fully saturated rings. The van der Waals surface area contributed by atoms with E-state index in [0.29, 0.717) is 6.54 Å². The second-order valence-electron chi connectivity index (χ2n) is 3.13. The molecule has 1 aromatic rings. The summed E-state index contributed by atoms with van der Waals surface area (Å²) < 4.78 is 12.5. The van der Waals surface area contributed by atoms with Crippen molar-refractivity contribution in [3.8, 4) is 0 Å². The first-order chi connectivity index (χ1) is 6.59. The van der Waals surface area contributed by atoms with Crippen LogP contribution in [0.1, 0.15) is 12.5 Å². The molecule has 3 N–H and O–H groups in total. The highest BCUT2D eigenvalue weighted by molar-refractivity contribution is 5.85. The third-order valence-corrected chi connectivity index (χ3v) is 1.79. The Kier molecular flexibility index (Phi) is 5.89. The van der Waals surface area contributed by atoms with Crippen LogP contribution in [0.2, 0.25) is 0 Å². The van der Waals surface area contributed by atoms with E-state index in [1.54, 1.807) is 19.1 Å². The number of rotatable bonds is 3. The maximum atomic E-state index is 12.5. The van der Waals surface area contributed by atoms with Gasteiger partial charge in [0.05, 0.1) is 6.04 Å². The topological polar surface area (TPSA) is 55.1 Å². The SMILES string of the molecule is C[C@H](N)C(=O)NCc1ccc(F)cc1.Cl. The Morgan fingerprint density at radius 3 is 2.47 bits per heavy atom. The summed E-state index contributed by atoms with van der Waals surface area (Å²) in [4.78, 5) is 11.1. The Bertz CT molecular complexity index is 314. The second kappa shape index (κ2) is 6.37. The van der Waals surface area contributed by atoms with Gasteiger partial charge in [-0.3, -0.25) is 4.79 Å². The Morgan fingerprint density at radius 2 is 2.00 bits per heavy atom. The summed E-state index contributed by atoms with van der Waals surface area (Å²) in [5.41, 5.74) is 6.20. The third-order valence-electron chi connectivity index (χ3n) is 1.79. The molecule has 1 rings (SSSR count). The number of benzene rings is 1. The highest BCUT2D eigenvalue weighted by atomic mass is 35.5. The molecule has 0 saturated heterocycles. The molecule has 0 unspecified atom stereocenters. The van der Waals surface area contributed by atoms with Gasteiger partial charge in [-0.25, -0.2) is 4.39 Å². The van der Waals surface area contributed by atoms with Crippen molar-refractivity contribution in [2.45, 2.75) is 19.5 Å². The van der Waals surface area contributed by atoms with Crippen LogP contribution in [0.4, 0.5) is 4.39 Å². The maximum Gasteiger partial charge on any atom is 0.236 e. The first-order valence-electron chi connectivity index (χ1n) is 4.37. The van der Waals surface area contributed by atoms with Crippen molar-refractivity contribution in [3.63, 3.8) is 0 Å². The monoisotopic (exact) mass is 232 g/mol. The molecule has 0 heterocycles. The standard InChI is InChI=1S/C10H13FN2O.ClH/c1-7(12)10(14)13-6-8-2-4-9(11)5-3-8;/h2-5,7H,6,12H2,1H3,(H,13,14);1H/t7-;/m0./s1. The summed E-state index contributed by atoms with van der Waals surface area (Å²) in [5.74, 6) is -0.499. The molecule has 1 amide bonds. The Morgan fingerprint density at radius 1 is 1.47 bits per heavy atom. The molecule has 0 aliphatic heterocycles. The molecule has 0 bridgehead atoms. The lowest BCUT2D eigenvalue weighted by Gasteiger charge is -2.07. The number of hydrogen-bond donors (Lipinski definition) is 2. The molecule has 0 radical (unpaired) electrons. The smallest absolute Gasteiger partial charge is 0.236 e. The van der Waals surface area contributed by atoms with Crippen LogP contribution < -0.4 is 11.1 Å². The summed E-state index contributed by atoms with van der Waals surface area (Å²) in [6.45, 7) is 1.99. The summed E-state index contributed by atoms with van der Waals surface area (Å²) in [6, 6.07) is 5.43. The maximum absolute atomic E-state index is 12.5. The largest absolute Gasteiger partial charge is 0.351 e. The quantitative estimate of drug-likeness (QED) is 0.823. The Labute approximate surface area is 94.3 Å². The zero-order chi connectivity index (χ0) is 10.6. The van der Waals surface area contributed by atoms with Gasteiger partial charge < -0.3 is 11.1 Å². The second-order valence-corrected chi connectivity index (χ2v) is 3.13. The molecule has 3 nitrogen and oxygen atoms in total. The summed E-state index contributed by atoms with van der Waals surface area (Å²) in [7, 11) is 0. The van der Waals surface area contributed by atoms with Crippen LogP contribution in [0.25, 0.3) is 0 Å². The van der Waals surface area contributed by atoms with Crippen molar-refractivity contribution >= 4 is 18.3 Å². The first kappa shape index (κ1) is 13.9. The molecule has 84 valence electrons. The van der Waals surface area contributed by atoms with Crippen LogP contribution >= 0.6 is 12.4 Å². The zero-order valence-electron chi connectivity index (χ0n) is 8.37. The van der Waals surface area contributed by atoms with Crippen molar-refractivity contribution in [1.29, 1.82) is 0 Å². The fourth-order valence-corrected chi connectivity index (χ4v) is 0.952. The number of nitrogens with two attached hydrogens (primary N) is 1. The Hall–Kier alpha value is -1.13. The van der Waals surface area contributed by atoms with E-state index in [0.717, 1.165) is 5.56 Å². The molecule has 0 aromatic heterocycles. The average Bonchev–Trinajstić information content (AvgIpc) is 2.16. The lowest BCUT2D eigenvalue weighted by atomic mass is 10.2. The number of carbonyl (C=O) groups is 1. The van der Waals surface area contributed by atoms with E-state index in [2.05, 4.69) is 5.32 Å². The predicted octanol–water partition coefficient (Wildman–Crippen LogP) is 1.21. The summed E-state index contributed by atoms with van der Waals surface area (Å²) >= 11 is 0. The van der Waals surface area contributed by atoms with Gasteiger partial charge in [0.2, 0.25) is 5.91 Å². The number of carbonyl (C=O) groups excluding carboxylic acids is 1. The lowest BCUT2D eigenvalue weighted by Crippen LogP contribution is -2.37. The van der Waals surface area contributed by atoms with Gasteiger partial charge in [0, 0.05) is 6.54 Å². The van der Waals surface area contributed by atoms with E-state index in [-0.39, 0.29) is 24.1 Å². The summed E-state index contributed by atoms with van der Waals surface area (Å²) in [5, 5.41) is 2.63. The predicted molar refractivity (Wildman–Crippen MR) is 59.1 cm³/mol. The molecule has 0 spiro atoms. The number of hydrogen-bond acceptors (Lipinski definition) is 2. The van der Waals surface area contributed by atoms with Gasteiger partial charge in [-0.1, -0.05) is 12.1 Å². The molecule has 0 saturated carbocycles. The number of halogens is 2. The minimum absolute atomic E-state index is 0. The van der Waals surface area contributed by atoms with Crippen LogP contribution in [0.5, 0.6) is 0 Å². The minimum Gasteiger partial charge on any atom is -0.351 e. The van der Waals surface area contributed by atoms with Gasteiger partial charge in [-0.15, -0.1) is 12.4 Å². The zero-order valence-corrected chi connectivity index (χ0v) is 9.18. The molecule has 5 heteroatoms. The molecular weight excluding hydrogens is 219 g/mol. The van der Waals surface area contributed by atoms with E-state index in [9.17, 15) is 9.18 Å². The van der Waals surface area contributed by atoms with Crippen LogP contribution in [0.15, 0.2) is 24.3 Å². The normalized spacial score (nSPS) is 11.4. The van der Waals surface area contributed by atoms with Gasteiger partial charge in [-0.05, 0) is 24.6 Å². The van der Waals surface area contributed by atoms with Crippen molar-refractivity contribution in [1.82, 2.24) is 5.32 Å². The van der Waals surface area contributed by atoms with Crippen LogP contribution in [0, 0.1) is 5.82 Å². The number of nitrogens with one attached hydrogen (secondary N) is 1. The van der Waals surface area contributed by atoms with Gasteiger partial charge >= 0.3 is 0 Å². The highest BCUT2D eigenvalue weighted by Crippen LogP contribution is 2.01. The van der Waals surface area contributed by atoms with Crippen LogP contribution in [0.3, 0.4) is 0 Å². The van der Waals surface area contributed by atoms with Gasteiger partial charge in [-0.2, -0.15) is 0 Å². The van der Waals surface area contributed by atoms with Gasteiger partial charge in [0.25, 0.3) is 0 Å². The van der Waals surface area contributed by atoms with E-state index in [1.165, 1.54) is 12.1 Å². The lowest BCUT2D eigenvalue weighted by molar-refractivity contribution is -0.122. The third kappa shape index (κ3) is 4.76. The van der Waals surface area contributed by atoms with Crippen LogP contribution in [-0.2, 0) is 11.3 Å². The molecule has 1 atom stereocenters. The minimum atomic E-state index is -0.518. The van der Waals surface area contributed by atoms with E-state index >= 15 is 0 Å².